The lowest BCUT2D eigenvalue weighted by molar-refractivity contribution is -0.122. The summed E-state index contributed by atoms with van der Waals surface area (Å²) in [4.78, 5) is 12.3. The van der Waals surface area contributed by atoms with Crippen LogP contribution in [0.2, 0.25) is 0 Å². The fraction of sp³-hybridized carbons (Fsp3) is 0.562. The van der Waals surface area contributed by atoms with Crippen molar-refractivity contribution in [3.05, 3.63) is 29.8 Å². The van der Waals surface area contributed by atoms with Gasteiger partial charge in [-0.25, -0.2) is 0 Å². The van der Waals surface area contributed by atoms with Crippen LogP contribution in [0.5, 0.6) is 0 Å². The number of hydrogen-bond acceptors (Lipinski definition) is 3. The molecule has 0 saturated heterocycles. The highest BCUT2D eigenvalue weighted by molar-refractivity contribution is 5.87. The van der Waals surface area contributed by atoms with Crippen molar-refractivity contribution in [3.8, 4) is 0 Å². The number of benzene rings is 1. The van der Waals surface area contributed by atoms with Gasteiger partial charge < -0.3 is 15.4 Å². The molecule has 20 heavy (non-hydrogen) atoms. The number of fused-ring (bicyclic) bond motifs is 1. The molecule has 1 fully saturated rings. The van der Waals surface area contributed by atoms with Crippen molar-refractivity contribution >= 4 is 11.6 Å². The van der Waals surface area contributed by atoms with Crippen molar-refractivity contribution in [2.45, 2.75) is 31.7 Å². The van der Waals surface area contributed by atoms with E-state index in [9.17, 15) is 4.79 Å². The zero-order valence-electron chi connectivity index (χ0n) is 11.9. The van der Waals surface area contributed by atoms with Gasteiger partial charge in [0.15, 0.2) is 0 Å². The second-order valence-corrected chi connectivity index (χ2v) is 6.02. The van der Waals surface area contributed by atoms with E-state index >= 15 is 0 Å². The highest BCUT2D eigenvalue weighted by atomic mass is 16.5. The average Bonchev–Trinajstić information content (AvgIpc) is 3.11. The molecule has 108 valence electrons. The second-order valence-electron chi connectivity index (χ2n) is 6.02. The van der Waals surface area contributed by atoms with Crippen molar-refractivity contribution in [1.82, 2.24) is 5.32 Å². The van der Waals surface area contributed by atoms with E-state index in [1.807, 2.05) is 18.2 Å². The monoisotopic (exact) mass is 274 g/mol. The molecule has 0 bridgehead atoms. The third-order valence-electron chi connectivity index (χ3n) is 4.52. The third kappa shape index (κ3) is 2.80. The van der Waals surface area contributed by atoms with Crippen LogP contribution < -0.4 is 10.6 Å². The molecule has 0 aromatic heterocycles. The normalized spacial score (nSPS) is 21.9. The SMILES string of the molecule is COCCC1(CNC(=O)[C@@H]2Cc3ccccc3N2)CC1. The van der Waals surface area contributed by atoms with E-state index in [4.69, 9.17) is 4.74 Å². The highest BCUT2D eigenvalue weighted by Gasteiger charge is 2.42. The number of amides is 1. The molecule has 0 spiro atoms. The molecule has 1 atom stereocenters. The van der Waals surface area contributed by atoms with Crippen LogP contribution in [0.25, 0.3) is 0 Å². The topological polar surface area (TPSA) is 50.4 Å². The number of anilines is 1. The zero-order valence-corrected chi connectivity index (χ0v) is 11.9. The molecule has 2 aliphatic rings. The number of para-hydroxylation sites is 1. The lowest BCUT2D eigenvalue weighted by Gasteiger charge is -2.18. The fourth-order valence-corrected chi connectivity index (χ4v) is 2.86. The standard InChI is InChI=1S/C16H22N2O2/c1-20-9-8-16(6-7-16)11-17-15(19)14-10-12-4-2-3-5-13(12)18-14/h2-5,14,18H,6-11H2,1H3,(H,17,19)/t14-/m0/s1. The number of carbonyl (C=O) groups excluding carboxylic acids is 1. The molecule has 3 rings (SSSR count). The van der Waals surface area contributed by atoms with Crippen LogP contribution in [0, 0.1) is 5.41 Å². The maximum Gasteiger partial charge on any atom is 0.242 e. The Morgan fingerprint density at radius 1 is 1.45 bits per heavy atom. The number of hydrogen-bond donors (Lipinski definition) is 2. The number of methoxy groups -OCH3 is 1. The molecule has 0 radical (unpaired) electrons. The minimum absolute atomic E-state index is 0.116. The van der Waals surface area contributed by atoms with E-state index in [0.717, 1.165) is 31.7 Å². The van der Waals surface area contributed by atoms with E-state index in [1.165, 1.54) is 18.4 Å². The van der Waals surface area contributed by atoms with Gasteiger partial charge in [0.1, 0.15) is 6.04 Å². The Morgan fingerprint density at radius 2 is 2.25 bits per heavy atom. The molecule has 2 N–H and O–H groups in total. The first-order chi connectivity index (χ1) is 9.72. The van der Waals surface area contributed by atoms with Gasteiger partial charge in [-0.05, 0) is 36.3 Å². The van der Waals surface area contributed by atoms with Crippen molar-refractivity contribution in [2.75, 3.05) is 25.6 Å². The first kappa shape index (κ1) is 13.4. The number of rotatable bonds is 6. The summed E-state index contributed by atoms with van der Waals surface area (Å²) in [5.74, 6) is 0.116. The Kier molecular flexibility index (Phi) is 3.66. The van der Waals surface area contributed by atoms with Gasteiger partial charge in [-0.3, -0.25) is 4.79 Å². The summed E-state index contributed by atoms with van der Waals surface area (Å²) in [5.41, 5.74) is 2.62. The molecule has 4 nitrogen and oxygen atoms in total. The zero-order chi connectivity index (χ0) is 14.0. The van der Waals surface area contributed by atoms with Gasteiger partial charge in [0, 0.05) is 32.4 Å². The largest absolute Gasteiger partial charge is 0.385 e. The molecular formula is C16H22N2O2. The van der Waals surface area contributed by atoms with Crippen LogP contribution in [0.1, 0.15) is 24.8 Å². The molecule has 1 amide bonds. The first-order valence-electron chi connectivity index (χ1n) is 7.34. The summed E-state index contributed by atoms with van der Waals surface area (Å²) in [5, 5.41) is 6.41. The predicted octanol–water partition coefficient (Wildman–Crippen LogP) is 1.96. The van der Waals surface area contributed by atoms with E-state index in [-0.39, 0.29) is 11.9 Å². The summed E-state index contributed by atoms with van der Waals surface area (Å²) in [6, 6.07) is 8.01. The van der Waals surface area contributed by atoms with Gasteiger partial charge in [-0.1, -0.05) is 18.2 Å². The first-order valence-corrected chi connectivity index (χ1v) is 7.34. The highest BCUT2D eigenvalue weighted by Crippen LogP contribution is 2.48. The Labute approximate surface area is 119 Å². The number of carbonyl (C=O) groups is 1. The van der Waals surface area contributed by atoms with Crippen LogP contribution in [0.4, 0.5) is 5.69 Å². The summed E-state index contributed by atoms with van der Waals surface area (Å²) in [6.07, 6.45) is 4.24. The molecule has 1 aromatic carbocycles. The van der Waals surface area contributed by atoms with Crippen LogP contribution in [0.15, 0.2) is 24.3 Å². The minimum Gasteiger partial charge on any atom is -0.385 e. The summed E-state index contributed by atoms with van der Waals surface area (Å²) < 4.78 is 5.14. The van der Waals surface area contributed by atoms with Gasteiger partial charge in [0.2, 0.25) is 5.91 Å². The predicted molar refractivity (Wildman–Crippen MR) is 78.7 cm³/mol. The average molecular weight is 274 g/mol. The molecule has 1 aliphatic heterocycles. The molecule has 1 aromatic rings. The Morgan fingerprint density at radius 3 is 2.95 bits per heavy atom. The van der Waals surface area contributed by atoms with Gasteiger partial charge in [0.05, 0.1) is 0 Å². The fourth-order valence-electron chi connectivity index (χ4n) is 2.86. The summed E-state index contributed by atoms with van der Waals surface area (Å²) >= 11 is 0. The van der Waals surface area contributed by atoms with Crippen molar-refractivity contribution in [3.63, 3.8) is 0 Å². The number of ether oxygens (including phenoxy) is 1. The minimum atomic E-state index is -0.120. The van der Waals surface area contributed by atoms with Crippen LogP contribution in [0.3, 0.4) is 0 Å². The van der Waals surface area contributed by atoms with E-state index in [1.54, 1.807) is 7.11 Å². The van der Waals surface area contributed by atoms with Crippen LogP contribution in [-0.4, -0.2) is 32.2 Å². The van der Waals surface area contributed by atoms with Crippen LogP contribution in [-0.2, 0) is 16.0 Å². The molecular weight excluding hydrogens is 252 g/mol. The van der Waals surface area contributed by atoms with E-state index in [2.05, 4.69) is 16.7 Å². The Balaban J connectivity index is 1.49. The van der Waals surface area contributed by atoms with Gasteiger partial charge >= 0.3 is 0 Å². The van der Waals surface area contributed by atoms with E-state index < -0.39 is 0 Å². The third-order valence-corrected chi connectivity index (χ3v) is 4.52. The molecule has 1 saturated carbocycles. The Bertz CT molecular complexity index is 472. The van der Waals surface area contributed by atoms with Gasteiger partial charge in [-0.2, -0.15) is 0 Å². The lowest BCUT2D eigenvalue weighted by Crippen LogP contribution is -2.41. The number of nitrogens with one attached hydrogen (secondary N) is 2. The molecule has 4 heteroatoms. The molecule has 1 aliphatic carbocycles. The van der Waals surface area contributed by atoms with Crippen molar-refractivity contribution < 1.29 is 9.53 Å². The maximum atomic E-state index is 12.3. The Hall–Kier alpha value is -1.55. The second kappa shape index (κ2) is 5.44. The smallest absolute Gasteiger partial charge is 0.242 e. The van der Waals surface area contributed by atoms with Crippen molar-refractivity contribution in [2.24, 2.45) is 5.41 Å². The molecule has 0 unspecified atom stereocenters. The van der Waals surface area contributed by atoms with Crippen LogP contribution >= 0.6 is 0 Å². The van der Waals surface area contributed by atoms with Gasteiger partial charge in [0.25, 0.3) is 0 Å². The molecule has 1 heterocycles. The maximum absolute atomic E-state index is 12.3. The van der Waals surface area contributed by atoms with Crippen molar-refractivity contribution in [1.29, 1.82) is 0 Å². The van der Waals surface area contributed by atoms with E-state index in [0.29, 0.717) is 5.41 Å². The lowest BCUT2D eigenvalue weighted by atomic mass is 10.0. The summed E-state index contributed by atoms with van der Waals surface area (Å²) in [7, 11) is 1.73. The quantitative estimate of drug-likeness (QED) is 0.833. The van der Waals surface area contributed by atoms with Gasteiger partial charge in [-0.15, -0.1) is 0 Å². The summed E-state index contributed by atoms with van der Waals surface area (Å²) in [6.45, 7) is 1.56.